The second-order valence-corrected chi connectivity index (χ2v) is 12.5. The Hall–Kier alpha value is -5.66. The van der Waals surface area contributed by atoms with Crippen molar-refractivity contribution in [1.82, 2.24) is 31.9 Å². The molecule has 0 bridgehead atoms. The zero-order chi connectivity index (χ0) is 39.7. The van der Waals surface area contributed by atoms with Gasteiger partial charge in [0.25, 0.3) is 0 Å². The summed E-state index contributed by atoms with van der Waals surface area (Å²) in [6.45, 7) is 1.84. The van der Waals surface area contributed by atoms with E-state index in [9.17, 15) is 43.5 Å². The molecule has 19 nitrogen and oxygen atoms in total. The number of carboxylic acid groups (broad SMARTS) is 1. The molecule has 0 heterocycles. The minimum atomic E-state index is -1.72. The van der Waals surface area contributed by atoms with Crippen molar-refractivity contribution in [1.29, 1.82) is 0 Å². The third-order valence-electron chi connectivity index (χ3n) is 7.80. The van der Waals surface area contributed by atoms with E-state index in [2.05, 4.69) is 31.9 Å². The van der Waals surface area contributed by atoms with Crippen LogP contribution >= 0.6 is 0 Å². The normalized spacial score (nSPS) is 13.8. The number of carbonyl (C=O) groups is 8. The molecule has 2 rings (SSSR count). The number of hydrogen-bond acceptors (Lipinski definition) is 11. The Morgan fingerprint density at radius 2 is 1.32 bits per heavy atom. The SMILES string of the molecule is CC(C)C(NC(=O)C(CO)NC(=O)C(CC(N)=O)NC(=O)C(Cc1ccc2ccccc2c1)NC(=O)C(N)CC(=O)O)C(=O)NCC(=O)NCCCO. The lowest BCUT2D eigenvalue weighted by molar-refractivity contribution is -0.140. The second-order valence-electron chi connectivity index (χ2n) is 12.5. The van der Waals surface area contributed by atoms with Crippen LogP contribution in [0.1, 0.15) is 38.7 Å². The van der Waals surface area contributed by atoms with Crippen LogP contribution in [0.2, 0.25) is 0 Å². The van der Waals surface area contributed by atoms with Crippen molar-refractivity contribution in [3.63, 3.8) is 0 Å². The van der Waals surface area contributed by atoms with Gasteiger partial charge in [-0.15, -0.1) is 0 Å². The largest absolute Gasteiger partial charge is 0.481 e. The molecule has 0 aliphatic rings. The average molecular weight is 745 g/mol. The van der Waals surface area contributed by atoms with Gasteiger partial charge in [0.15, 0.2) is 0 Å². The fraction of sp³-hybridized carbons (Fsp3) is 0.471. The van der Waals surface area contributed by atoms with Crippen LogP contribution < -0.4 is 43.4 Å². The number of rotatable bonds is 22. The van der Waals surface area contributed by atoms with E-state index < -0.39 is 109 Å². The molecule has 7 amide bonds. The molecule has 0 saturated heterocycles. The molecule has 0 aliphatic heterocycles. The van der Waals surface area contributed by atoms with Crippen molar-refractivity contribution in [2.45, 2.75) is 69.7 Å². The maximum Gasteiger partial charge on any atom is 0.305 e. The minimum absolute atomic E-state index is 0.136. The summed E-state index contributed by atoms with van der Waals surface area (Å²) in [5.41, 5.74) is 11.6. The number of nitrogens with two attached hydrogens (primary N) is 2. The highest BCUT2D eigenvalue weighted by Crippen LogP contribution is 2.17. The van der Waals surface area contributed by atoms with Gasteiger partial charge in [-0.2, -0.15) is 0 Å². The number of aliphatic hydroxyl groups excluding tert-OH is 2. The van der Waals surface area contributed by atoms with Crippen molar-refractivity contribution >= 4 is 58.1 Å². The van der Waals surface area contributed by atoms with Crippen molar-refractivity contribution in [3.8, 4) is 0 Å². The van der Waals surface area contributed by atoms with Crippen LogP contribution in [0.25, 0.3) is 10.8 Å². The maximum absolute atomic E-state index is 13.6. The molecule has 2 aromatic rings. The topological polar surface area (TPSA) is 321 Å². The van der Waals surface area contributed by atoms with Gasteiger partial charge in [-0.1, -0.05) is 56.3 Å². The summed E-state index contributed by atoms with van der Waals surface area (Å²) in [5.74, 6) is -8.31. The number of nitrogens with one attached hydrogen (secondary N) is 6. The Balaban J connectivity index is 2.23. The van der Waals surface area contributed by atoms with Gasteiger partial charge in [0.05, 0.1) is 32.0 Å². The lowest BCUT2D eigenvalue weighted by atomic mass is 10.00. The molecule has 2 aromatic carbocycles. The molecule has 0 spiro atoms. The zero-order valence-electron chi connectivity index (χ0n) is 29.4. The Bertz CT molecular complexity index is 1640. The number of carbonyl (C=O) groups excluding carboxylic acids is 7. The second kappa shape index (κ2) is 21.6. The number of aliphatic carboxylic acids is 1. The Morgan fingerprint density at radius 3 is 1.92 bits per heavy atom. The van der Waals surface area contributed by atoms with Crippen LogP contribution in [0.5, 0.6) is 0 Å². The van der Waals surface area contributed by atoms with Crippen molar-refractivity contribution < 1.29 is 53.7 Å². The first-order valence-corrected chi connectivity index (χ1v) is 16.8. The van der Waals surface area contributed by atoms with Crippen LogP contribution in [-0.4, -0.2) is 119 Å². The zero-order valence-corrected chi connectivity index (χ0v) is 29.4. The first-order valence-electron chi connectivity index (χ1n) is 16.8. The smallest absolute Gasteiger partial charge is 0.305 e. The quantitative estimate of drug-likeness (QED) is 0.0519. The van der Waals surface area contributed by atoms with Gasteiger partial charge in [-0.25, -0.2) is 0 Å². The first kappa shape index (κ1) is 43.5. The summed E-state index contributed by atoms with van der Waals surface area (Å²) in [6.07, 6.45) is -1.36. The van der Waals surface area contributed by atoms with E-state index >= 15 is 0 Å². The van der Waals surface area contributed by atoms with Gasteiger partial charge in [-0.3, -0.25) is 38.4 Å². The number of benzene rings is 2. The summed E-state index contributed by atoms with van der Waals surface area (Å²) < 4.78 is 0. The van der Waals surface area contributed by atoms with Crippen LogP contribution in [0.15, 0.2) is 42.5 Å². The molecule has 0 fully saturated rings. The molecule has 5 unspecified atom stereocenters. The first-order chi connectivity index (χ1) is 25.1. The van der Waals surface area contributed by atoms with E-state index in [1.807, 2.05) is 18.2 Å². The van der Waals surface area contributed by atoms with Crippen LogP contribution in [-0.2, 0) is 44.8 Å². The van der Waals surface area contributed by atoms with Gasteiger partial charge in [0, 0.05) is 19.6 Å². The lowest BCUT2D eigenvalue weighted by Gasteiger charge is -2.26. The number of carboxylic acids is 1. The predicted octanol–water partition coefficient (Wildman–Crippen LogP) is -3.74. The molecule has 0 aromatic heterocycles. The van der Waals surface area contributed by atoms with Crippen molar-refractivity contribution in [3.05, 3.63) is 48.0 Å². The number of hydrogen-bond donors (Lipinski definition) is 11. The predicted molar refractivity (Wildman–Crippen MR) is 189 cm³/mol. The fourth-order valence-electron chi connectivity index (χ4n) is 4.96. The van der Waals surface area contributed by atoms with Gasteiger partial charge < -0.3 is 58.7 Å². The third kappa shape index (κ3) is 14.8. The highest BCUT2D eigenvalue weighted by atomic mass is 16.4. The summed E-state index contributed by atoms with van der Waals surface area (Å²) in [4.78, 5) is 101. The average Bonchev–Trinajstić information content (AvgIpc) is 3.10. The molecule has 13 N–H and O–H groups in total. The maximum atomic E-state index is 13.6. The Morgan fingerprint density at radius 1 is 0.717 bits per heavy atom. The summed E-state index contributed by atoms with van der Waals surface area (Å²) in [6, 6.07) is 4.98. The van der Waals surface area contributed by atoms with Crippen LogP contribution in [0.4, 0.5) is 0 Å². The summed E-state index contributed by atoms with van der Waals surface area (Å²) >= 11 is 0. The molecule has 0 radical (unpaired) electrons. The molecule has 53 heavy (non-hydrogen) atoms. The van der Waals surface area contributed by atoms with E-state index in [0.717, 1.165) is 10.8 Å². The highest BCUT2D eigenvalue weighted by molar-refractivity contribution is 5.98. The van der Waals surface area contributed by atoms with E-state index in [1.165, 1.54) is 0 Å². The molecule has 0 saturated carbocycles. The number of primary amides is 1. The van der Waals surface area contributed by atoms with Gasteiger partial charge >= 0.3 is 5.97 Å². The van der Waals surface area contributed by atoms with E-state index in [1.54, 1.807) is 38.1 Å². The Kier molecular flexibility index (Phi) is 17.8. The van der Waals surface area contributed by atoms with Gasteiger partial charge in [0.1, 0.15) is 24.2 Å². The molecular formula is C34H48N8O11. The van der Waals surface area contributed by atoms with Crippen molar-refractivity contribution in [2.75, 3.05) is 26.3 Å². The van der Waals surface area contributed by atoms with Crippen LogP contribution in [0, 0.1) is 5.92 Å². The number of aliphatic hydroxyl groups is 2. The summed E-state index contributed by atoms with van der Waals surface area (Å²) in [5, 5.41) is 43.8. The standard InChI is InChI=1S/C34H48N8O11/c1-18(2)29(34(53)38-16-27(46)37-10-5-11-43)42-33(52)25(17-44)41-32(51)24(15-26(36)45)40-31(50)23(39-30(49)22(35)14-28(47)48)13-19-8-9-20-6-3-4-7-21(20)12-19/h3-4,6-9,12,18,22-25,29,43-44H,5,10-11,13-17,35H2,1-2H3,(H2,36,45)(H,37,46)(H,38,53)(H,39,49)(H,40,50)(H,41,51)(H,42,52)(H,47,48). The lowest BCUT2D eigenvalue weighted by Crippen LogP contribution is -2.61. The number of fused-ring (bicyclic) bond motifs is 1. The highest BCUT2D eigenvalue weighted by Gasteiger charge is 2.33. The monoisotopic (exact) mass is 744 g/mol. The molecule has 19 heteroatoms. The molecule has 290 valence electrons. The third-order valence-corrected chi connectivity index (χ3v) is 7.80. The molecule has 5 atom stereocenters. The molecule has 0 aliphatic carbocycles. The van der Waals surface area contributed by atoms with Gasteiger partial charge in [0.2, 0.25) is 41.4 Å². The van der Waals surface area contributed by atoms with Crippen LogP contribution in [0.3, 0.4) is 0 Å². The van der Waals surface area contributed by atoms with E-state index in [4.69, 9.17) is 21.7 Å². The minimum Gasteiger partial charge on any atom is -0.481 e. The van der Waals surface area contributed by atoms with E-state index in [0.29, 0.717) is 12.0 Å². The van der Waals surface area contributed by atoms with E-state index in [-0.39, 0.29) is 19.6 Å². The summed E-state index contributed by atoms with van der Waals surface area (Å²) in [7, 11) is 0. The van der Waals surface area contributed by atoms with Crippen molar-refractivity contribution in [2.24, 2.45) is 17.4 Å². The fourth-order valence-corrected chi connectivity index (χ4v) is 4.96. The number of amides is 7. The Labute approximate surface area is 305 Å². The van der Waals surface area contributed by atoms with Gasteiger partial charge in [-0.05, 0) is 28.7 Å². The molecular weight excluding hydrogens is 696 g/mol.